The van der Waals surface area contributed by atoms with Crippen LogP contribution in [0.25, 0.3) is 10.9 Å². The third kappa shape index (κ3) is 2.70. The first-order chi connectivity index (χ1) is 12.3. The van der Waals surface area contributed by atoms with Crippen LogP contribution >= 0.6 is 0 Å². The SMILES string of the molecule is Fc1ccc(CN2CCC[C@H]2c2noc(C3CC3)n2)c2ncccc12. The molecule has 128 valence electrons. The number of hydrogen-bond donors (Lipinski definition) is 0. The minimum Gasteiger partial charge on any atom is -0.339 e. The van der Waals surface area contributed by atoms with Crippen molar-refractivity contribution < 1.29 is 8.91 Å². The molecule has 3 aromatic rings. The Balaban J connectivity index is 1.43. The Labute approximate surface area is 144 Å². The lowest BCUT2D eigenvalue weighted by atomic mass is 10.1. The van der Waals surface area contributed by atoms with E-state index >= 15 is 0 Å². The van der Waals surface area contributed by atoms with Crippen LogP contribution in [0.15, 0.2) is 35.0 Å². The molecular formula is C19H19FN4O. The van der Waals surface area contributed by atoms with Gasteiger partial charge in [0.1, 0.15) is 5.82 Å². The van der Waals surface area contributed by atoms with Gasteiger partial charge in [0.25, 0.3) is 0 Å². The Kier molecular flexibility index (Phi) is 3.52. The van der Waals surface area contributed by atoms with E-state index in [0.29, 0.717) is 17.8 Å². The van der Waals surface area contributed by atoms with E-state index in [9.17, 15) is 4.39 Å². The minimum absolute atomic E-state index is 0.167. The summed E-state index contributed by atoms with van der Waals surface area (Å²) in [5, 5.41) is 4.80. The number of hydrogen-bond acceptors (Lipinski definition) is 5. The van der Waals surface area contributed by atoms with Crippen molar-refractivity contribution in [2.75, 3.05) is 6.54 Å². The summed E-state index contributed by atoms with van der Waals surface area (Å²) in [6.45, 7) is 1.69. The Bertz CT molecular complexity index is 921. The summed E-state index contributed by atoms with van der Waals surface area (Å²) in [4.78, 5) is 11.4. The van der Waals surface area contributed by atoms with Gasteiger partial charge in [0, 0.05) is 24.0 Å². The monoisotopic (exact) mass is 338 g/mol. The number of aromatic nitrogens is 3. The van der Waals surface area contributed by atoms with Crippen LogP contribution in [-0.4, -0.2) is 26.6 Å². The first-order valence-electron chi connectivity index (χ1n) is 8.89. The number of halogens is 1. The zero-order valence-electron chi connectivity index (χ0n) is 13.9. The summed E-state index contributed by atoms with van der Waals surface area (Å²) >= 11 is 0. The van der Waals surface area contributed by atoms with Gasteiger partial charge in [0.05, 0.1) is 11.6 Å². The van der Waals surface area contributed by atoms with Crippen molar-refractivity contribution in [2.24, 2.45) is 0 Å². The van der Waals surface area contributed by atoms with Gasteiger partial charge >= 0.3 is 0 Å². The molecule has 0 bridgehead atoms. The van der Waals surface area contributed by atoms with Gasteiger partial charge < -0.3 is 4.52 Å². The minimum atomic E-state index is -0.225. The maximum Gasteiger partial charge on any atom is 0.229 e. The molecule has 0 radical (unpaired) electrons. The van der Waals surface area contributed by atoms with Crippen molar-refractivity contribution in [3.05, 3.63) is 53.6 Å². The van der Waals surface area contributed by atoms with Gasteiger partial charge in [-0.1, -0.05) is 11.2 Å². The maximum absolute atomic E-state index is 14.0. The molecule has 25 heavy (non-hydrogen) atoms. The third-order valence-corrected chi connectivity index (χ3v) is 5.22. The van der Waals surface area contributed by atoms with Gasteiger partial charge in [0.2, 0.25) is 5.89 Å². The molecule has 1 aliphatic heterocycles. The molecule has 6 heteroatoms. The zero-order valence-corrected chi connectivity index (χ0v) is 13.9. The predicted molar refractivity (Wildman–Crippen MR) is 90.4 cm³/mol. The van der Waals surface area contributed by atoms with Crippen molar-refractivity contribution in [2.45, 2.75) is 44.2 Å². The van der Waals surface area contributed by atoms with Gasteiger partial charge in [-0.3, -0.25) is 9.88 Å². The van der Waals surface area contributed by atoms with Gasteiger partial charge in [0.15, 0.2) is 5.82 Å². The molecule has 3 heterocycles. The molecule has 1 atom stereocenters. The van der Waals surface area contributed by atoms with E-state index in [4.69, 9.17) is 4.52 Å². The topological polar surface area (TPSA) is 55.1 Å². The van der Waals surface area contributed by atoms with E-state index < -0.39 is 0 Å². The summed E-state index contributed by atoms with van der Waals surface area (Å²) < 4.78 is 19.5. The number of nitrogens with zero attached hydrogens (tertiary/aromatic N) is 4. The van der Waals surface area contributed by atoms with E-state index in [0.717, 1.165) is 55.0 Å². The number of fused-ring (bicyclic) bond motifs is 1. The van der Waals surface area contributed by atoms with Crippen LogP contribution in [0.2, 0.25) is 0 Å². The summed E-state index contributed by atoms with van der Waals surface area (Å²) in [6, 6.07) is 7.09. The van der Waals surface area contributed by atoms with Gasteiger partial charge in [-0.05, 0) is 56.0 Å². The molecule has 2 aliphatic rings. The van der Waals surface area contributed by atoms with E-state index in [1.165, 1.54) is 6.07 Å². The number of benzene rings is 1. The number of pyridine rings is 1. The zero-order chi connectivity index (χ0) is 16.8. The Morgan fingerprint density at radius 3 is 3.00 bits per heavy atom. The first kappa shape index (κ1) is 15.0. The van der Waals surface area contributed by atoms with Gasteiger partial charge in [-0.25, -0.2) is 4.39 Å². The fourth-order valence-corrected chi connectivity index (χ4v) is 3.73. The standard InChI is InChI=1S/C19H19FN4O/c20-15-8-7-13(17-14(15)3-1-9-21-17)11-24-10-2-4-16(24)18-22-19(25-23-18)12-5-6-12/h1,3,7-9,12,16H,2,4-6,10-11H2/t16-/m0/s1. The molecule has 1 saturated carbocycles. The van der Waals surface area contributed by atoms with E-state index in [-0.39, 0.29) is 11.9 Å². The molecule has 1 saturated heterocycles. The van der Waals surface area contributed by atoms with Gasteiger partial charge in [-0.2, -0.15) is 4.98 Å². The summed E-state index contributed by atoms with van der Waals surface area (Å²) in [6.07, 6.45) is 6.15. The number of likely N-dealkylation sites (tertiary alicyclic amines) is 1. The lowest BCUT2D eigenvalue weighted by Gasteiger charge is -2.22. The smallest absolute Gasteiger partial charge is 0.229 e. The second-order valence-corrected chi connectivity index (χ2v) is 7.00. The molecule has 0 spiro atoms. The second-order valence-electron chi connectivity index (χ2n) is 7.00. The lowest BCUT2D eigenvalue weighted by molar-refractivity contribution is 0.234. The Morgan fingerprint density at radius 1 is 1.20 bits per heavy atom. The molecule has 2 fully saturated rings. The predicted octanol–water partition coefficient (Wildman–Crippen LogP) is 3.97. The largest absolute Gasteiger partial charge is 0.339 e. The molecular weight excluding hydrogens is 319 g/mol. The van der Waals surface area contributed by atoms with Crippen molar-refractivity contribution in [3.8, 4) is 0 Å². The van der Waals surface area contributed by atoms with Crippen LogP contribution in [0.3, 0.4) is 0 Å². The fraction of sp³-hybridized carbons (Fsp3) is 0.421. The van der Waals surface area contributed by atoms with Gasteiger partial charge in [-0.15, -0.1) is 0 Å². The fourth-order valence-electron chi connectivity index (χ4n) is 3.73. The van der Waals surface area contributed by atoms with Crippen LogP contribution in [0.4, 0.5) is 4.39 Å². The highest BCUT2D eigenvalue weighted by atomic mass is 19.1. The molecule has 5 rings (SSSR count). The van der Waals surface area contributed by atoms with E-state index in [1.807, 2.05) is 6.07 Å². The second kappa shape index (κ2) is 5.88. The molecule has 0 N–H and O–H groups in total. The van der Waals surface area contributed by atoms with Crippen LogP contribution in [0, 0.1) is 5.82 Å². The molecule has 0 unspecified atom stereocenters. The van der Waals surface area contributed by atoms with Crippen LogP contribution in [0.5, 0.6) is 0 Å². The normalized spacial score (nSPS) is 21.2. The molecule has 0 amide bonds. The first-order valence-corrected chi connectivity index (χ1v) is 8.89. The number of rotatable bonds is 4. The maximum atomic E-state index is 14.0. The highest BCUT2D eigenvalue weighted by Crippen LogP contribution is 2.40. The van der Waals surface area contributed by atoms with Crippen molar-refractivity contribution >= 4 is 10.9 Å². The Hall–Kier alpha value is -2.34. The molecule has 5 nitrogen and oxygen atoms in total. The molecule has 1 aromatic carbocycles. The molecule has 2 aromatic heterocycles. The lowest BCUT2D eigenvalue weighted by Crippen LogP contribution is -2.24. The van der Waals surface area contributed by atoms with E-state index in [1.54, 1.807) is 18.3 Å². The van der Waals surface area contributed by atoms with Crippen LogP contribution < -0.4 is 0 Å². The van der Waals surface area contributed by atoms with Crippen molar-refractivity contribution in [1.82, 2.24) is 20.0 Å². The summed E-state index contributed by atoms with van der Waals surface area (Å²) in [5.74, 6) is 1.83. The summed E-state index contributed by atoms with van der Waals surface area (Å²) in [7, 11) is 0. The van der Waals surface area contributed by atoms with Crippen LogP contribution in [0.1, 0.15) is 54.9 Å². The third-order valence-electron chi connectivity index (χ3n) is 5.22. The summed E-state index contributed by atoms with van der Waals surface area (Å²) in [5.41, 5.74) is 1.77. The highest BCUT2D eigenvalue weighted by Gasteiger charge is 2.34. The Morgan fingerprint density at radius 2 is 2.12 bits per heavy atom. The highest BCUT2D eigenvalue weighted by molar-refractivity contribution is 5.82. The van der Waals surface area contributed by atoms with Crippen molar-refractivity contribution in [1.29, 1.82) is 0 Å². The average Bonchev–Trinajstić information content (AvgIpc) is 3.19. The quantitative estimate of drug-likeness (QED) is 0.720. The molecule has 1 aliphatic carbocycles. The average molecular weight is 338 g/mol. The van der Waals surface area contributed by atoms with E-state index in [2.05, 4.69) is 20.0 Å². The van der Waals surface area contributed by atoms with Crippen molar-refractivity contribution in [3.63, 3.8) is 0 Å². The van der Waals surface area contributed by atoms with Crippen LogP contribution in [-0.2, 0) is 6.54 Å².